The summed E-state index contributed by atoms with van der Waals surface area (Å²) in [5.74, 6) is 0. The predicted octanol–water partition coefficient (Wildman–Crippen LogP) is 3.92. The lowest BCUT2D eigenvalue weighted by Crippen LogP contribution is -2.21. The molecule has 1 unspecified atom stereocenters. The van der Waals surface area contributed by atoms with Crippen LogP contribution in [0.1, 0.15) is 33.1 Å². The fraction of sp³-hybridized carbons (Fsp3) is 0.636. The highest BCUT2D eigenvalue weighted by atomic mass is 35.5. The van der Waals surface area contributed by atoms with Crippen LogP contribution < -0.4 is 0 Å². The fourth-order valence-electron chi connectivity index (χ4n) is 1.91. The van der Waals surface area contributed by atoms with Gasteiger partial charge in [-0.25, -0.2) is 0 Å². The zero-order valence-corrected chi connectivity index (χ0v) is 8.69. The van der Waals surface area contributed by atoms with Gasteiger partial charge < -0.3 is 0 Å². The Hall–Kier alpha value is -0.230. The van der Waals surface area contributed by atoms with Crippen molar-refractivity contribution >= 4 is 11.6 Å². The molecule has 0 N–H and O–H groups in total. The van der Waals surface area contributed by atoms with Gasteiger partial charge in [0.2, 0.25) is 0 Å². The van der Waals surface area contributed by atoms with E-state index in [2.05, 4.69) is 26.5 Å². The second-order valence-corrected chi connectivity index (χ2v) is 4.94. The van der Waals surface area contributed by atoms with Crippen molar-refractivity contribution in [2.45, 2.75) is 38.5 Å². The first-order chi connectivity index (χ1) is 5.53. The van der Waals surface area contributed by atoms with E-state index in [4.69, 9.17) is 11.6 Å². The SMILES string of the molecule is C=CCC1=CC(Cl)CC(C)(C)C1. The number of rotatable bonds is 2. The topological polar surface area (TPSA) is 0 Å². The summed E-state index contributed by atoms with van der Waals surface area (Å²) in [5, 5.41) is 0.226. The number of allylic oxidation sites excluding steroid dienone is 3. The van der Waals surface area contributed by atoms with E-state index in [1.165, 1.54) is 12.0 Å². The Bertz CT molecular complexity index is 201. The molecule has 0 bridgehead atoms. The summed E-state index contributed by atoms with van der Waals surface area (Å²) in [4.78, 5) is 0. The average Bonchev–Trinajstić information content (AvgIpc) is 1.82. The summed E-state index contributed by atoms with van der Waals surface area (Å²) in [5.41, 5.74) is 1.82. The van der Waals surface area contributed by atoms with E-state index >= 15 is 0 Å². The third kappa shape index (κ3) is 2.67. The van der Waals surface area contributed by atoms with E-state index in [9.17, 15) is 0 Å². The van der Waals surface area contributed by atoms with Crippen LogP contribution in [0.2, 0.25) is 0 Å². The van der Waals surface area contributed by atoms with E-state index in [1.807, 2.05) is 6.08 Å². The quantitative estimate of drug-likeness (QED) is 0.451. The Labute approximate surface area is 80.3 Å². The highest BCUT2D eigenvalue weighted by Crippen LogP contribution is 2.38. The Morgan fingerprint density at radius 3 is 2.92 bits per heavy atom. The highest BCUT2D eigenvalue weighted by Gasteiger charge is 2.26. The average molecular weight is 185 g/mol. The molecule has 1 atom stereocenters. The molecule has 1 aliphatic carbocycles. The maximum absolute atomic E-state index is 6.12. The van der Waals surface area contributed by atoms with Gasteiger partial charge in [-0.2, -0.15) is 0 Å². The van der Waals surface area contributed by atoms with E-state index < -0.39 is 0 Å². The molecule has 1 heteroatoms. The maximum Gasteiger partial charge on any atom is 0.0523 e. The number of alkyl halides is 1. The van der Waals surface area contributed by atoms with Crippen LogP contribution in [0.4, 0.5) is 0 Å². The number of halogens is 1. The van der Waals surface area contributed by atoms with E-state index in [-0.39, 0.29) is 5.38 Å². The number of hydrogen-bond acceptors (Lipinski definition) is 0. The van der Waals surface area contributed by atoms with Crippen LogP contribution in [-0.2, 0) is 0 Å². The first-order valence-corrected chi connectivity index (χ1v) is 4.92. The Balaban J connectivity index is 2.69. The zero-order chi connectivity index (χ0) is 9.19. The van der Waals surface area contributed by atoms with Gasteiger partial charge in [0.1, 0.15) is 0 Å². The molecule has 0 saturated heterocycles. The predicted molar refractivity (Wildman–Crippen MR) is 55.6 cm³/mol. The Morgan fingerprint density at radius 1 is 1.75 bits per heavy atom. The van der Waals surface area contributed by atoms with Crippen molar-refractivity contribution in [1.82, 2.24) is 0 Å². The van der Waals surface area contributed by atoms with Gasteiger partial charge in [0.05, 0.1) is 5.38 Å². The normalized spacial score (nSPS) is 27.9. The molecule has 1 aliphatic rings. The molecule has 0 nitrogen and oxygen atoms in total. The molecule has 12 heavy (non-hydrogen) atoms. The second kappa shape index (κ2) is 3.66. The third-order valence-electron chi connectivity index (χ3n) is 2.28. The van der Waals surface area contributed by atoms with E-state index in [0.29, 0.717) is 5.41 Å². The molecule has 0 spiro atoms. The Kier molecular flexibility index (Phi) is 3.00. The van der Waals surface area contributed by atoms with Crippen LogP contribution in [0.5, 0.6) is 0 Å². The van der Waals surface area contributed by atoms with Crippen LogP contribution in [0.25, 0.3) is 0 Å². The standard InChI is InChI=1S/C11H17Cl/c1-4-5-9-6-10(12)8-11(2,3)7-9/h4,6,10H,1,5,7-8H2,2-3H3. The maximum atomic E-state index is 6.12. The summed E-state index contributed by atoms with van der Waals surface area (Å²) in [6.45, 7) is 8.30. The summed E-state index contributed by atoms with van der Waals surface area (Å²) >= 11 is 6.12. The van der Waals surface area contributed by atoms with Crippen LogP contribution in [-0.4, -0.2) is 5.38 Å². The van der Waals surface area contributed by atoms with Crippen molar-refractivity contribution in [3.63, 3.8) is 0 Å². The first kappa shape index (κ1) is 9.85. The first-order valence-electron chi connectivity index (χ1n) is 4.48. The van der Waals surface area contributed by atoms with E-state index in [1.54, 1.807) is 0 Å². The molecule has 0 heterocycles. The van der Waals surface area contributed by atoms with Crippen molar-refractivity contribution in [1.29, 1.82) is 0 Å². The minimum atomic E-state index is 0.226. The third-order valence-corrected chi connectivity index (χ3v) is 2.56. The largest absolute Gasteiger partial charge is 0.118 e. The van der Waals surface area contributed by atoms with Gasteiger partial charge in [-0.1, -0.05) is 31.6 Å². The van der Waals surface area contributed by atoms with Gasteiger partial charge in [-0.15, -0.1) is 18.2 Å². The van der Waals surface area contributed by atoms with Crippen molar-refractivity contribution < 1.29 is 0 Å². The van der Waals surface area contributed by atoms with Gasteiger partial charge in [-0.05, 0) is 24.7 Å². The molecule has 0 aliphatic heterocycles. The lowest BCUT2D eigenvalue weighted by molar-refractivity contribution is 0.321. The van der Waals surface area contributed by atoms with Gasteiger partial charge in [0.15, 0.2) is 0 Å². The van der Waals surface area contributed by atoms with Gasteiger partial charge in [0, 0.05) is 0 Å². The summed E-state index contributed by atoms with van der Waals surface area (Å²) in [7, 11) is 0. The molecular weight excluding hydrogens is 168 g/mol. The molecule has 0 aromatic rings. The van der Waals surface area contributed by atoms with E-state index in [0.717, 1.165) is 12.8 Å². The van der Waals surface area contributed by atoms with Crippen molar-refractivity contribution in [2.75, 3.05) is 0 Å². The molecule has 1 rings (SSSR count). The lowest BCUT2D eigenvalue weighted by Gasteiger charge is -2.32. The highest BCUT2D eigenvalue weighted by molar-refractivity contribution is 6.21. The summed E-state index contributed by atoms with van der Waals surface area (Å²) in [6, 6.07) is 0. The van der Waals surface area contributed by atoms with Crippen molar-refractivity contribution in [3.8, 4) is 0 Å². The number of hydrogen-bond donors (Lipinski definition) is 0. The van der Waals surface area contributed by atoms with Crippen LogP contribution in [0.15, 0.2) is 24.3 Å². The molecule has 0 aromatic heterocycles. The molecular formula is C11H17Cl. The summed E-state index contributed by atoms with van der Waals surface area (Å²) < 4.78 is 0. The van der Waals surface area contributed by atoms with Crippen LogP contribution >= 0.6 is 11.6 Å². The van der Waals surface area contributed by atoms with Crippen LogP contribution in [0, 0.1) is 5.41 Å². The fourth-order valence-corrected chi connectivity index (χ4v) is 2.51. The van der Waals surface area contributed by atoms with Crippen molar-refractivity contribution in [3.05, 3.63) is 24.3 Å². The molecule has 0 saturated carbocycles. The Morgan fingerprint density at radius 2 is 2.42 bits per heavy atom. The van der Waals surface area contributed by atoms with Gasteiger partial charge >= 0.3 is 0 Å². The smallest absolute Gasteiger partial charge is 0.0523 e. The second-order valence-electron chi connectivity index (χ2n) is 4.38. The molecule has 0 fully saturated rings. The van der Waals surface area contributed by atoms with Gasteiger partial charge in [0.25, 0.3) is 0 Å². The minimum Gasteiger partial charge on any atom is -0.118 e. The zero-order valence-electron chi connectivity index (χ0n) is 7.94. The van der Waals surface area contributed by atoms with Crippen LogP contribution in [0.3, 0.4) is 0 Å². The lowest BCUT2D eigenvalue weighted by atomic mass is 9.76. The summed E-state index contributed by atoms with van der Waals surface area (Å²) in [6.07, 6.45) is 7.40. The van der Waals surface area contributed by atoms with Gasteiger partial charge in [-0.3, -0.25) is 0 Å². The molecule has 0 aromatic carbocycles. The minimum absolute atomic E-state index is 0.226. The van der Waals surface area contributed by atoms with Crippen molar-refractivity contribution in [2.24, 2.45) is 5.41 Å². The monoisotopic (exact) mass is 184 g/mol. The molecule has 0 amide bonds. The molecule has 0 radical (unpaired) electrons. The molecule has 68 valence electrons.